The van der Waals surface area contributed by atoms with Crippen molar-refractivity contribution < 1.29 is 44.4 Å². The predicted molar refractivity (Wildman–Crippen MR) is 179 cm³/mol. The minimum atomic E-state index is -1.61. The largest absolute Gasteiger partial charge is 0.508 e. The van der Waals surface area contributed by atoms with Crippen LogP contribution in [0.1, 0.15) is 36.1 Å². The molecular weight excluding hydrogens is 652 g/mol. The number of carbonyl (C=O) groups excluding carboxylic acids is 4. The molecule has 3 rings (SSSR count). The number of nitrogens with one attached hydrogen (secondary N) is 5. The standard InChI is InChI=1S/C33H44N8O9/c34-12-2-1-3-25(30(46)41-28(17-42)33(49)50)38-32(48)27(15-21-16-36-18-37-21)40-31(47)26(14-20-6-10-23(44)11-7-20)39-29(45)24(35)13-19-4-8-22(43)9-5-19/h4-11,16,18,24-28,42-44H,1-3,12-15,17,34-35H2,(H,36,37)(H,38,48)(H,39,45)(H,40,47)(H,41,46)(H,49,50). The second-order valence-corrected chi connectivity index (χ2v) is 11.7. The molecule has 13 N–H and O–H groups in total. The van der Waals surface area contributed by atoms with Crippen LogP contribution in [0.4, 0.5) is 0 Å². The number of aromatic nitrogens is 2. The summed E-state index contributed by atoms with van der Waals surface area (Å²) in [5.41, 5.74) is 13.4. The van der Waals surface area contributed by atoms with Gasteiger partial charge in [-0.3, -0.25) is 19.2 Å². The normalized spacial score (nSPS) is 14.0. The lowest BCUT2D eigenvalue weighted by Gasteiger charge is -2.26. The molecule has 0 radical (unpaired) electrons. The number of nitrogens with two attached hydrogens (primary N) is 2. The highest BCUT2D eigenvalue weighted by Gasteiger charge is 2.32. The quantitative estimate of drug-likeness (QED) is 0.0591. The number of phenols is 2. The highest BCUT2D eigenvalue weighted by molar-refractivity contribution is 5.95. The fraction of sp³-hybridized carbons (Fsp3) is 0.394. The summed E-state index contributed by atoms with van der Waals surface area (Å²) in [7, 11) is 0. The molecule has 17 nitrogen and oxygen atoms in total. The monoisotopic (exact) mass is 696 g/mol. The first kappa shape index (κ1) is 38.9. The number of nitrogens with zero attached hydrogens (tertiary/aromatic N) is 1. The number of hydrogen-bond acceptors (Lipinski definition) is 11. The Balaban J connectivity index is 1.84. The molecular formula is C33H44N8O9. The number of benzene rings is 2. The average Bonchev–Trinajstić information content (AvgIpc) is 3.61. The first-order valence-electron chi connectivity index (χ1n) is 15.9. The zero-order chi connectivity index (χ0) is 36.6. The van der Waals surface area contributed by atoms with Crippen LogP contribution in [0.15, 0.2) is 61.1 Å². The zero-order valence-electron chi connectivity index (χ0n) is 27.2. The number of imidazole rings is 1. The molecule has 2 aromatic carbocycles. The summed E-state index contributed by atoms with van der Waals surface area (Å²) in [6.45, 7) is -0.572. The van der Waals surface area contributed by atoms with E-state index in [4.69, 9.17) is 11.5 Å². The third-order valence-electron chi connectivity index (χ3n) is 7.73. The Labute approximate surface area is 287 Å². The molecule has 50 heavy (non-hydrogen) atoms. The van der Waals surface area contributed by atoms with Crippen LogP contribution in [0, 0.1) is 0 Å². The molecule has 0 aliphatic rings. The average molecular weight is 697 g/mol. The van der Waals surface area contributed by atoms with Gasteiger partial charge in [0, 0.05) is 24.7 Å². The SMILES string of the molecule is NCCCCC(NC(=O)C(Cc1cnc[nH]1)NC(=O)C(Cc1ccc(O)cc1)NC(=O)C(N)Cc1ccc(O)cc1)C(=O)NC(CO)C(=O)O. The van der Waals surface area contributed by atoms with Crippen molar-refractivity contribution in [1.29, 1.82) is 0 Å². The molecule has 1 heterocycles. The fourth-order valence-corrected chi connectivity index (χ4v) is 4.92. The molecule has 5 atom stereocenters. The summed E-state index contributed by atoms with van der Waals surface area (Å²) in [4.78, 5) is 72.1. The van der Waals surface area contributed by atoms with Crippen molar-refractivity contribution in [1.82, 2.24) is 31.2 Å². The second-order valence-electron chi connectivity index (χ2n) is 11.7. The molecule has 0 saturated heterocycles. The van der Waals surface area contributed by atoms with Gasteiger partial charge in [0.25, 0.3) is 0 Å². The molecule has 0 aliphatic heterocycles. The van der Waals surface area contributed by atoms with E-state index in [1.54, 1.807) is 24.3 Å². The van der Waals surface area contributed by atoms with Gasteiger partial charge in [0.05, 0.1) is 19.0 Å². The Morgan fingerprint density at radius 1 is 0.700 bits per heavy atom. The van der Waals surface area contributed by atoms with Crippen molar-refractivity contribution in [3.8, 4) is 11.5 Å². The molecule has 0 saturated carbocycles. The molecule has 4 amide bonds. The Bertz CT molecular complexity index is 1550. The highest BCUT2D eigenvalue weighted by Crippen LogP contribution is 2.14. The van der Waals surface area contributed by atoms with E-state index in [0.29, 0.717) is 36.2 Å². The number of carboxylic acid groups (broad SMARTS) is 1. The maximum Gasteiger partial charge on any atom is 0.328 e. The number of unbranched alkanes of at least 4 members (excludes halogenated alkanes) is 1. The summed E-state index contributed by atoms with van der Waals surface area (Å²) in [6, 6.07) is 5.58. The van der Waals surface area contributed by atoms with Gasteiger partial charge < -0.3 is 58.1 Å². The molecule has 5 unspecified atom stereocenters. The van der Waals surface area contributed by atoms with Crippen molar-refractivity contribution in [2.45, 2.75) is 68.7 Å². The maximum atomic E-state index is 13.9. The van der Waals surface area contributed by atoms with Crippen LogP contribution in [-0.4, -0.2) is 103 Å². The minimum absolute atomic E-state index is 0.00952. The number of hydrogen-bond donors (Lipinski definition) is 11. The molecule has 17 heteroatoms. The second kappa shape index (κ2) is 19.5. The van der Waals surface area contributed by atoms with Crippen LogP contribution in [0.25, 0.3) is 0 Å². The van der Waals surface area contributed by atoms with Gasteiger partial charge in [-0.1, -0.05) is 24.3 Å². The van der Waals surface area contributed by atoms with E-state index in [9.17, 15) is 44.4 Å². The van der Waals surface area contributed by atoms with Crippen LogP contribution in [0.2, 0.25) is 0 Å². The number of carbonyl (C=O) groups is 5. The summed E-state index contributed by atoms with van der Waals surface area (Å²) >= 11 is 0. The predicted octanol–water partition coefficient (Wildman–Crippen LogP) is -1.68. The van der Waals surface area contributed by atoms with E-state index in [2.05, 4.69) is 31.2 Å². The number of aliphatic hydroxyl groups excluding tert-OH is 1. The number of carboxylic acids is 1. The summed E-state index contributed by atoms with van der Waals surface area (Å²) in [5.74, 6) is -4.52. The lowest BCUT2D eigenvalue weighted by Crippen LogP contribution is -2.59. The number of amides is 4. The van der Waals surface area contributed by atoms with Gasteiger partial charge in [-0.05, 0) is 67.6 Å². The van der Waals surface area contributed by atoms with Crippen molar-refractivity contribution in [2.75, 3.05) is 13.2 Å². The van der Waals surface area contributed by atoms with E-state index < -0.39 is 66.4 Å². The smallest absolute Gasteiger partial charge is 0.328 e. The lowest BCUT2D eigenvalue weighted by atomic mass is 10.0. The summed E-state index contributed by atoms with van der Waals surface area (Å²) < 4.78 is 0. The third kappa shape index (κ3) is 12.5. The fourth-order valence-electron chi connectivity index (χ4n) is 4.92. The Kier molecular flexibility index (Phi) is 15.2. The number of rotatable bonds is 20. The number of H-pyrrole nitrogens is 1. The van der Waals surface area contributed by atoms with Crippen LogP contribution in [-0.2, 0) is 43.2 Å². The van der Waals surface area contributed by atoms with Gasteiger partial charge in [-0.2, -0.15) is 0 Å². The third-order valence-corrected chi connectivity index (χ3v) is 7.73. The van der Waals surface area contributed by atoms with E-state index >= 15 is 0 Å². The van der Waals surface area contributed by atoms with Crippen LogP contribution in [0.3, 0.4) is 0 Å². The molecule has 0 spiro atoms. The number of aromatic hydroxyl groups is 2. The Hall–Kier alpha value is -5.52. The molecule has 3 aromatic rings. The molecule has 0 aliphatic carbocycles. The minimum Gasteiger partial charge on any atom is -0.508 e. The van der Waals surface area contributed by atoms with Crippen molar-refractivity contribution in [3.05, 3.63) is 77.9 Å². The number of aromatic amines is 1. The number of aliphatic hydroxyl groups is 1. The molecule has 270 valence electrons. The van der Waals surface area contributed by atoms with Gasteiger partial charge in [0.1, 0.15) is 35.7 Å². The van der Waals surface area contributed by atoms with Gasteiger partial charge in [0.15, 0.2) is 0 Å². The first-order chi connectivity index (χ1) is 23.9. The lowest BCUT2D eigenvalue weighted by molar-refractivity contribution is -0.143. The number of phenolic OH excluding ortho intramolecular Hbond substituents is 2. The van der Waals surface area contributed by atoms with Crippen LogP contribution in [0.5, 0.6) is 11.5 Å². The van der Waals surface area contributed by atoms with E-state index in [1.165, 1.54) is 36.8 Å². The van der Waals surface area contributed by atoms with Crippen molar-refractivity contribution >= 4 is 29.6 Å². The first-order valence-corrected chi connectivity index (χ1v) is 15.9. The summed E-state index contributed by atoms with van der Waals surface area (Å²) in [6.07, 6.45) is 3.73. The van der Waals surface area contributed by atoms with Crippen molar-refractivity contribution in [2.24, 2.45) is 11.5 Å². The topological polar surface area (TPSA) is 295 Å². The van der Waals surface area contributed by atoms with E-state index in [1.807, 2.05) is 0 Å². The van der Waals surface area contributed by atoms with Crippen LogP contribution < -0.4 is 32.7 Å². The van der Waals surface area contributed by atoms with Gasteiger partial charge in [0.2, 0.25) is 23.6 Å². The molecule has 0 fully saturated rings. The molecule has 0 bridgehead atoms. The molecule has 1 aromatic heterocycles. The Morgan fingerprint density at radius 2 is 1.20 bits per heavy atom. The van der Waals surface area contributed by atoms with Gasteiger partial charge in [-0.25, -0.2) is 9.78 Å². The maximum absolute atomic E-state index is 13.9. The van der Waals surface area contributed by atoms with Gasteiger partial charge in [-0.15, -0.1) is 0 Å². The summed E-state index contributed by atoms with van der Waals surface area (Å²) in [5, 5.41) is 48.1. The van der Waals surface area contributed by atoms with E-state index in [0.717, 1.165) is 0 Å². The van der Waals surface area contributed by atoms with Crippen LogP contribution >= 0.6 is 0 Å². The number of aliphatic carboxylic acids is 1. The highest BCUT2D eigenvalue weighted by atomic mass is 16.4. The van der Waals surface area contributed by atoms with Gasteiger partial charge >= 0.3 is 5.97 Å². The van der Waals surface area contributed by atoms with E-state index in [-0.39, 0.29) is 37.2 Å². The van der Waals surface area contributed by atoms with Crippen molar-refractivity contribution in [3.63, 3.8) is 0 Å². The Morgan fingerprint density at radius 3 is 1.72 bits per heavy atom. The zero-order valence-corrected chi connectivity index (χ0v) is 27.2.